The van der Waals surface area contributed by atoms with E-state index < -0.39 is 0 Å². The summed E-state index contributed by atoms with van der Waals surface area (Å²) in [5.74, 6) is 0.977. The van der Waals surface area contributed by atoms with Gasteiger partial charge in [0.15, 0.2) is 0 Å². The number of pyridine rings is 1. The number of rotatable bonds is 3. The molecule has 1 aromatic rings. The highest BCUT2D eigenvalue weighted by Gasteiger charge is 2.24. The van der Waals surface area contributed by atoms with Crippen molar-refractivity contribution in [1.29, 1.82) is 0 Å². The van der Waals surface area contributed by atoms with Crippen molar-refractivity contribution in [1.82, 2.24) is 4.98 Å². The van der Waals surface area contributed by atoms with Gasteiger partial charge in [-0.05, 0) is 53.5 Å². The Kier molecular flexibility index (Phi) is 2.71. The molecule has 0 amide bonds. The fourth-order valence-corrected chi connectivity index (χ4v) is 1.72. The lowest BCUT2D eigenvalue weighted by Gasteiger charge is -2.08. The Morgan fingerprint density at radius 3 is 3.00 bits per heavy atom. The highest BCUT2D eigenvalue weighted by Crippen LogP contribution is 2.29. The maximum atomic E-state index is 5.74. The van der Waals surface area contributed by atoms with Crippen molar-refractivity contribution in [2.45, 2.75) is 32.3 Å². The second-order valence-corrected chi connectivity index (χ2v) is 4.39. The molecular weight excluding hydrogens is 277 g/mol. The van der Waals surface area contributed by atoms with Crippen molar-refractivity contribution >= 4 is 22.6 Å². The quantitative estimate of drug-likeness (QED) is 0.630. The number of aryl methyl sites for hydroxylation is 1. The smallest absolute Gasteiger partial charge is 0.141 e. The summed E-state index contributed by atoms with van der Waals surface area (Å²) in [6.07, 6.45) is 5.73. The molecule has 0 spiro atoms. The topological polar surface area (TPSA) is 22.1 Å². The Morgan fingerprint density at radius 2 is 2.38 bits per heavy atom. The minimum absolute atomic E-state index is 0.465. The van der Waals surface area contributed by atoms with Crippen LogP contribution in [-0.4, -0.2) is 11.1 Å². The van der Waals surface area contributed by atoms with Crippen molar-refractivity contribution < 1.29 is 4.74 Å². The van der Waals surface area contributed by atoms with Gasteiger partial charge in [0.25, 0.3) is 0 Å². The van der Waals surface area contributed by atoms with Crippen LogP contribution in [0.3, 0.4) is 0 Å². The first-order valence-corrected chi connectivity index (χ1v) is 5.68. The van der Waals surface area contributed by atoms with Gasteiger partial charge in [-0.25, -0.2) is 4.98 Å². The zero-order valence-corrected chi connectivity index (χ0v) is 9.74. The molecule has 0 unspecified atom stereocenters. The van der Waals surface area contributed by atoms with Crippen molar-refractivity contribution in [2.75, 3.05) is 0 Å². The molecule has 1 heterocycles. The van der Waals surface area contributed by atoms with E-state index >= 15 is 0 Å². The summed E-state index contributed by atoms with van der Waals surface area (Å²) in [7, 11) is 0. The van der Waals surface area contributed by atoms with Gasteiger partial charge in [-0.1, -0.05) is 6.92 Å². The fourth-order valence-electron chi connectivity index (χ4n) is 1.20. The Labute approximate surface area is 91.8 Å². The monoisotopic (exact) mass is 289 g/mol. The zero-order chi connectivity index (χ0) is 9.26. The van der Waals surface area contributed by atoms with Crippen LogP contribution in [0.25, 0.3) is 0 Å². The van der Waals surface area contributed by atoms with Crippen LogP contribution in [-0.2, 0) is 6.42 Å². The summed E-state index contributed by atoms with van der Waals surface area (Å²) < 4.78 is 6.78. The molecule has 1 aliphatic carbocycles. The molecule has 0 radical (unpaired) electrons. The lowest BCUT2D eigenvalue weighted by molar-refractivity contribution is 0.299. The lowest BCUT2D eigenvalue weighted by Crippen LogP contribution is -2.00. The predicted molar refractivity (Wildman–Crippen MR) is 60.0 cm³/mol. The van der Waals surface area contributed by atoms with E-state index in [1.54, 1.807) is 0 Å². The summed E-state index contributed by atoms with van der Waals surface area (Å²) in [6, 6.07) is 2.10. The van der Waals surface area contributed by atoms with Crippen molar-refractivity contribution in [3.8, 4) is 5.75 Å². The van der Waals surface area contributed by atoms with E-state index in [0.29, 0.717) is 6.10 Å². The fraction of sp³-hybridized carbons (Fsp3) is 0.500. The molecule has 0 aliphatic heterocycles. The van der Waals surface area contributed by atoms with Gasteiger partial charge in [0.2, 0.25) is 0 Å². The van der Waals surface area contributed by atoms with Crippen LogP contribution in [0.2, 0.25) is 0 Å². The van der Waals surface area contributed by atoms with E-state index in [9.17, 15) is 0 Å². The van der Waals surface area contributed by atoms with Crippen LogP contribution in [0.4, 0.5) is 0 Å². The molecule has 1 aliphatic rings. The van der Waals surface area contributed by atoms with E-state index in [2.05, 4.69) is 40.6 Å². The van der Waals surface area contributed by atoms with Crippen LogP contribution in [0.5, 0.6) is 5.75 Å². The molecular formula is C10H12INO. The highest BCUT2D eigenvalue weighted by atomic mass is 127. The number of hydrogen-bond donors (Lipinski definition) is 0. The number of aromatic nitrogens is 1. The average Bonchev–Trinajstić information content (AvgIpc) is 2.92. The maximum Gasteiger partial charge on any atom is 0.141 e. The van der Waals surface area contributed by atoms with E-state index in [4.69, 9.17) is 4.74 Å². The van der Waals surface area contributed by atoms with E-state index in [0.717, 1.165) is 15.9 Å². The third kappa shape index (κ3) is 2.33. The normalized spacial score (nSPS) is 15.8. The Morgan fingerprint density at radius 1 is 1.62 bits per heavy atom. The highest BCUT2D eigenvalue weighted by molar-refractivity contribution is 14.1. The van der Waals surface area contributed by atoms with Gasteiger partial charge in [0.05, 0.1) is 12.3 Å². The molecule has 0 N–H and O–H groups in total. The second-order valence-electron chi connectivity index (χ2n) is 3.29. The molecule has 3 heteroatoms. The van der Waals surface area contributed by atoms with Crippen molar-refractivity contribution in [3.63, 3.8) is 0 Å². The van der Waals surface area contributed by atoms with Gasteiger partial charge >= 0.3 is 0 Å². The summed E-state index contributed by atoms with van der Waals surface area (Å²) in [5, 5.41) is 0. The largest absolute Gasteiger partial charge is 0.489 e. The van der Waals surface area contributed by atoms with Gasteiger partial charge in [-0.15, -0.1) is 0 Å². The number of nitrogens with zero attached hydrogens (tertiary/aromatic N) is 1. The van der Waals surface area contributed by atoms with E-state index in [1.807, 2.05) is 6.20 Å². The minimum Gasteiger partial charge on any atom is -0.489 e. The number of hydrogen-bond acceptors (Lipinski definition) is 2. The summed E-state index contributed by atoms with van der Waals surface area (Å²) >= 11 is 2.23. The second kappa shape index (κ2) is 3.82. The Hall–Kier alpha value is -0.320. The third-order valence-electron chi connectivity index (χ3n) is 2.11. The molecule has 1 aromatic heterocycles. The molecule has 0 aromatic carbocycles. The number of halogens is 1. The van der Waals surface area contributed by atoms with E-state index in [-0.39, 0.29) is 0 Å². The maximum absolute atomic E-state index is 5.74. The van der Waals surface area contributed by atoms with Crippen molar-refractivity contribution in [3.05, 3.63) is 21.5 Å². The molecule has 70 valence electrons. The molecule has 1 fully saturated rings. The van der Waals surface area contributed by atoms with Crippen LogP contribution in [0, 0.1) is 3.70 Å². The van der Waals surface area contributed by atoms with Gasteiger partial charge in [0.1, 0.15) is 9.45 Å². The first kappa shape index (κ1) is 9.24. The molecule has 1 saturated carbocycles. The SMILES string of the molecule is CCc1cc(I)ncc1OC1CC1. The molecule has 13 heavy (non-hydrogen) atoms. The van der Waals surface area contributed by atoms with Crippen LogP contribution in [0.15, 0.2) is 12.3 Å². The van der Waals surface area contributed by atoms with Gasteiger partial charge in [-0.3, -0.25) is 0 Å². The van der Waals surface area contributed by atoms with Crippen LogP contribution >= 0.6 is 22.6 Å². The molecule has 2 rings (SSSR count). The Bertz CT molecular complexity index is 310. The summed E-state index contributed by atoms with van der Waals surface area (Å²) in [6.45, 7) is 2.14. The van der Waals surface area contributed by atoms with Crippen LogP contribution < -0.4 is 4.74 Å². The Balaban J connectivity index is 2.21. The zero-order valence-electron chi connectivity index (χ0n) is 7.59. The summed E-state index contributed by atoms with van der Waals surface area (Å²) in [5.41, 5.74) is 1.27. The van der Waals surface area contributed by atoms with Crippen LogP contribution in [0.1, 0.15) is 25.3 Å². The lowest BCUT2D eigenvalue weighted by atomic mass is 10.2. The predicted octanol–water partition coefficient (Wildman–Crippen LogP) is 2.79. The standard InChI is InChI=1S/C10H12INO/c1-2-7-5-10(11)12-6-9(7)13-8-3-4-8/h5-6,8H,2-4H2,1H3. The first-order chi connectivity index (χ1) is 6.29. The third-order valence-corrected chi connectivity index (χ3v) is 2.70. The molecule has 0 atom stereocenters. The molecule has 0 saturated heterocycles. The van der Waals surface area contributed by atoms with Gasteiger partial charge in [0, 0.05) is 0 Å². The van der Waals surface area contributed by atoms with E-state index in [1.165, 1.54) is 18.4 Å². The molecule has 2 nitrogen and oxygen atoms in total. The summed E-state index contributed by atoms with van der Waals surface area (Å²) in [4.78, 5) is 4.23. The molecule has 0 bridgehead atoms. The minimum atomic E-state index is 0.465. The van der Waals surface area contributed by atoms with Gasteiger partial charge < -0.3 is 4.74 Å². The van der Waals surface area contributed by atoms with Gasteiger partial charge in [-0.2, -0.15) is 0 Å². The average molecular weight is 289 g/mol. The van der Waals surface area contributed by atoms with Crippen molar-refractivity contribution in [2.24, 2.45) is 0 Å². The first-order valence-electron chi connectivity index (χ1n) is 4.60. The number of ether oxygens (including phenoxy) is 1.